The van der Waals surface area contributed by atoms with Gasteiger partial charge in [-0.25, -0.2) is 4.57 Å². The average molecular weight is 847 g/mol. The molecule has 0 aliphatic heterocycles. The monoisotopic (exact) mass is 847 g/mol. The molecule has 0 fully saturated rings. The molecule has 0 radical (unpaired) electrons. The Bertz CT molecular complexity index is 1210. The molecular weight excluding hydrogens is 758 g/mol. The molecule has 0 saturated heterocycles. The molecule has 1 N–H and O–H groups in total. The maximum Gasteiger partial charge on any atom is 0.472 e. The number of esters is 1. The number of phosphoric acid groups is 1. The number of allylic oxidation sites excluding steroid dienone is 14. The predicted octanol–water partition coefficient (Wildman–Crippen LogP) is 14.1. The molecule has 0 aromatic rings. The van der Waals surface area contributed by atoms with Gasteiger partial charge in [0.2, 0.25) is 0 Å². The molecule has 59 heavy (non-hydrogen) atoms. The van der Waals surface area contributed by atoms with Crippen molar-refractivity contribution >= 4 is 13.8 Å². The van der Waals surface area contributed by atoms with Crippen LogP contribution in [0.3, 0.4) is 0 Å². The van der Waals surface area contributed by atoms with E-state index in [1.807, 2.05) is 21.1 Å². The predicted molar refractivity (Wildman–Crippen MR) is 251 cm³/mol. The van der Waals surface area contributed by atoms with Crippen molar-refractivity contribution in [3.63, 3.8) is 0 Å². The Labute approximate surface area is 363 Å². The Balaban J connectivity index is 4.26. The summed E-state index contributed by atoms with van der Waals surface area (Å²) in [6, 6.07) is 0. The summed E-state index contributed by atoms with van der Waals surface area (Å²) >= 11 is 0. The van der Waals surface area contributed by atoms with Crippen LogP contribution >= 0.6 is 7.82 Å². The SMILES string of the molecule is CC/C=C\C/C=C\C/C=C\C/C=C\CCCCCCCCC(=O)OC(COCCCCCCCCCC/C=C\C/C=C\C/C=C\CC)COP(=O)(O)OCC[N+](C)(C)C. The summed E-state index contributed by atoms with van der Waals surface area (Å²) < 4.78 is 35.1. The normalized spacial score (nSPS) is 14.5. The second kappa shape index (κ2) is 42.4. The summed E-state index contributed by atoms with van der Waals surface area (Å²) in [6.45, 7) is 5.35. The summed E-state index contributed by atoms with van der Waals surface area (Å²) in [5, 5.41) is 0. The number of unbranched alkanes of at least 4 members (excludes halogenated alkanes) is 14. The molecule has 9 heteroatoms. The van der Waals surface area contributed by atoms with Crippen molar-refractivity contribution in [1.29, 1.82) is 0 Å². The van der Waals surface area contributed by atoms with Crippen molar-refractivity contribution in [3.8, 4) is 0 Å². The van der Waals surface area contributed by atoms with Crippen molar-refractivity contribution < 1.29 is 37.3 Å². The molecular formula is C50H89NO7P+. The van der Waals surface area contributed by atoms with E-state index in [-0.39, 0.29) is 25.8 Å². The van der Waals surface area contributed by atoms with Crippen LogP contribution < -0.4 is 0 Å². The van der Waals surface area contributed by atoms with Crippen LogP contribution in [0.2, 0.25) is 0 Å². The van der Waals surface area contributed by atoms with E-state index >= 15 is 0 Å². The summed E-state index contributed by atoms with van der Waals surface area (Å²) in [4.78, 5) is 22.9. The molecule has 0 aliphatic carbocycles. The molecule has 0 aromatic carbocycles. The summed E-state index contributed by atoms with van der Waals surface area (Å²) in [6.07, 6.45) is 56.2. The third-order valence-electron chi connectivity index (χ3n) is 9.45. The van der Waals surface area contributed by atoms with Crippen molar-refractivity contribution in [2.75, 3.05) is 54.1 Å². The molecule has 0 spiro atoms. The zero-order valence-corrected chi connectivity index (χ0v) is 39.4. The molecule has 0 amide bonds. The number of phosphoric ester groups is 1. The minimum Gasteiger partial charge on any atom is -0.457 e. The number of carbonyl (C=O) groups excluding carboxylic acids is 1. The Morgan fingerprint density at radius 2 is 0.932 bits per heavy atom. The van der Waals surface area contributed by atoms with Gasteiger partial charge >= 0.3 is 13.8 Å². The number of likely N-dealkylation sites (N-methyl/N-ethyl adjacent to an activating group) is 1. The van der Waals surface area contributed by atoms with E-state index in [1.54, 1.807) is 0 Å². The van der Waals surface area contributed by atoms with Crippen LogP contribution in [0.5, 0.6) is 0 Å². The minimum absolute atomic E-state index is 0.0792. The van der Waals surface area contributed by atoms with Crippen molar-refractivity contribution in [2.45, 2.75) is 174 Å². The van der Waals surface area contributed by atoms with Gasteiger partial charge in [-0.3, -0.25) is 13.8 Å². The van der Waals surface area contributed by atoms with E-state index in [1.165, 1.54) is 51.4 Å². The number of quaternary nitrogens is 1. The Morgan fingerprint density at radius 3 is 1.39 bits per heavy atom. The van der Waals surface area contributed by atoms with E-state index in [2.05, 4.69) is 98.9 Å². The first-order chi connectivity index (χ1) is 28.6. The molecule has 0 aromatic heterocycles. The molecule has 8 nitrogen and oxygen atoms in total. The lowest BCUT2D eigenvalue weighted by molar-refractivity contribution is -0.870. The zero-order valence-electron chi connectivity index (χ0n) is 38.5. The van der Waals surface area contributed by atoms with Gasteiger partial charge < -0.3 is 18.9 Å². The standard InChI is InChI=1S/C50H88NO7P/c1-6-8-10-12-14-16-18-20-22-24-26-27-29-31-33-35-37-39-41-43-50(52)58-49(48-57-59(53,54)56-46-44-51(3,4)5)47-55-45-42-40-38-36-34-32-30-28-25-23-21-19-17-15-13-11-9-7-2/h8-11,14-17,20-23,26-27,49H,6-7,12-13,18-19,24-25,28-48H2,1-5H3/p+1/b10-8-,11-9-,16-14-,17-15-,22-20-,23-21-,27-26-. The molecule has 0 saturated carbocycles. The number of carbonyl (C=O) groups is 1. The maximum absolute atomic E-state index is 12.7. The van der Waals surface area contributed by atoms with Crippen LogP contribution in [0.1, 0.15) is 168 Å². The lowest BCUT2D eigenvalue weighted by atomic mass is 10.1. The topological polar surface area (TPSA) is 91.3 Å². The Hall–Kier alpha value is -2.32. The van der Waals surface area contributed by atoms with Crippen molar-refractivity contribution in [3.05, 3.63) is 85.1 Å². The smallest absolute Gasteiger partial charge is 0.457 e. The highest BCUT2D eigenvalue weighted by Gasteiger charge is 2.26. The second-order valence-corrected chi connectivity index (χ2v) is 17.8. The Kier molecular flexibility index (Phi) is 40.7. The number of rotatable bonds is 42. The van der Waals surface area contributed by atoms with Crippen LogP contribution in [0, 0.1) is 0 Å². The minimum atomic E-state index is -4.29. The maximum atomic E-state index is 12.7. The van der Waals surface area contributed by atoms with E-state index < -0.39 is 13.9 Å². The van der Waals surface area contributed by atoms with Crippen molar-refractivity contribution in [2.24, 2.45) is 0 Å². The third kappa shape index (κ3) is 46.6. The quantitative estimate of drug-likeness (QED) is 0.0215. The molecule has 0 rings (SSSR count). The van der Waals surface area contributed by atoms with E-state index in [9.17, 15) is 14.3 Å². The first-order valence-corrected chi connectivity index (χ1v) is 24.8. The average Bonchev–Trinajstić information content (AvgIpc) is 3.19. The third-order valence-corrected chi connectivity index (χ3v) is 10.4. The molecule has 2 atom stereocenters. The number of hydrogen-bond donors (Lipinski definition) is 1. The first kappa shape index (κ1) is 56.7. The van der Waals surface area contributed by atoms with Gasteiger partial charge in [0.25, 0.3) is 0 Å². The van der Waals surface area contributed by atoms with Gasteiger partial charge in [-0.1, -0.05) is 163 Å². The van der Waals surface area contributed by atoms with E-state index in [0.29, 0.717) is 24.1 Å². The lowest BCUT2D eigenvalue weighted by Gasteiger charge is -2.24. The molecule has 0 heterocycles. The second-order valence-electron chi connectivity index (χ2n) is 16.4. The fourth-order valence-electron chi connectivity index (χ4n) is 5.91. The summed E-state index contributed by atoms with van der Waals surface area (Å²) in [7, 11) is 1.64. The highest BCUT2D eigenvalue weighted by molar-refractivity contribution is 7.47. The van der Waals surface area contributed by atoms with Gasteiger partial charge in [-0.15, -0.1) is 0 Å². The van der Waals surface area contributed by atoms with E-state index in [0.717, 1.165) is 96.3 Å². The summed E-state index contributed by atoms with van der Waals surface area (Å²) in [5.74, 6) is -0.334. The van der Waals surface area contributed by atoms with Gasteiger partial charge in [0, 0.05) is 13.0 Å². The summed E-state index contributed by atoms with van der Waals surface area (Å²) in [5.41, 5.74) is 0. The molecule has 2 unspecified atom stereocenters. The lowest BCUT2D eigenvalue weighted by Crippen LogP contribution is -2.37. The van der Waals surface area contributed by atoms with E-state index in [4.69, 9.17) is 18.5 Å². The van der Waals surface area contributed by atoms with Gasteiger partial charge in [0.1, 0.15) is 19.3 Å². The van der Waals surface area contributed by atoms with Crippen LogP contribution in [0.15, 0.2) is 85.1 Å². The first-order valence-electron chi connectivity index (χ1n) is 23.3. The van der Waals surface area contributed by atoms with Crippen LogP contribution in [-0.4, -0.2) is 75.6 Å². The highest BCUT2D eigenvalue weighted by atomic mass is 31.2. The number of nitrogens with zero attached hydrogens (tertiary/aromatic N) is 1. The number of ether oxygens (including phenoxy) is 2. The van der Waals surface area contributed by atoms with Gasteiger partial charge in [0.15, 0.2) is 0 Å². The Morgan fingerprint density at radius 1 is 0.525 bits per heavy atom. The number of hydrogen-bond acceptors (Lipinski definition) is 6. The largest absolute Gasteiger partial charge is 0.472 e. The molecule has 340 valence electrons. The van der Waals surface area contributed by atoms with Crippen LogP contribution in [0.25, 0.3) is 0 Å². The van der Waals surface area contributed by atoms with Crippen LogP contribution in [-0.2, 0) is 27.9 Å². The van der Waals surface area contributed by atoms with Crippen LogP contribution in [0.4, 0.5) is 0 Å². The highest BCUT2D eigenvalue weighted by Crippen LogP contribution is 2.43. The molecule has 0 aliphatic rings. The van der Waals surface area contributed by atoms with Gasteiger partial charge in [-0.2, -0.15) is 0 Å². The van der Waals surface area contributed by atoms with Gasteiger partial charge in [-0.05, 0) is 83.5 Å². The molecule has 0 bridgehead atoms. The fraction of sp³-hybridized carbons (Fsp3) is 0.700. The van der Waals surface area contributed by atoms with Gasteiger partial charge in [0.05, 0.1) is 34.4 Å². The zero-order chi connectivity index (χ0) is 43.4. The van der Waals surface area contributed by atoms with Crippen molar-refractivity contribution in [1.82, 2.24) is 0 Å². The fourth-order valence-corrected chi connectivity index (χ4v) is 6.65.